The van der Waals surface area contributed by atoms with Crippen LogP contribution in [0.2, 0.25) is 0 Å². The third-order valence-corrected chi connectivity index (χ3v) is 16.3. The van der Waals surface area contributed by atoms with Gasteiger partial charge in [-0.25, -0.2) is 19.6 Å². The fourth-order valence-corrected chi connectivity index (χ4v) is 11.1. The number of nitrogens with zero attached hydrogens (tertiary/aromatic N) is 14. The number of urea groups is 2. The number of piperidine rings is 1. The number of hydrogen-bond acceptors (Lipinski definition) is 16. The molecule has 0 bridgehead atoms. The zero-order valence-corrected chi connectivity index (χ0v) is 49.6. The van der Waals surface area contributed by atoms with Gasteiger partial charge in [0.1, 0.15) is 0 Å². The molecule has 0 unspecified atom stereocenters. The molecular weight excluding hydrogens is 1110 g/mol. The van der Waals surface area contributed by atoms with Crippen LogP contribution in [0.4, 0.5) is 44.2 Å². The summed E-state index contributed by atoms with van der Waals surface area (Å²) in [5.41, 5.74) is 5.20. The number of aromatic nitrogens is 6. The predicted molar refractivity (Wildman–Crippen MR) is 339 cm³/mol. The van der Waals surface area contributed by atoms with E-state index in [9.17, 15) is 9.59 Å². The molecule has 0 radical (unpaired) electrons. The number of likely N-dealkylation sites (tertiary alicyclic amines) is 1. The molecule has 2 N–H and O–H groups in total. The number of benzene rings is 6. The number of hydrogen-bond donors (Lipinski definition) is 2. The second-order valence-electron chi connectivity index (χ2n) is 22.3. The number of ether oxygens (including phenoxy) is 2. The van der Waals surface area contributed by atoms with Gasteiger partial charge in [-0.3, -0.25) is 9.59 Å². The molecule has 22 heteroatoms. The van der Waals surface area contributed by atoms with E-state index in [-0.39, 0.29) is 23.2 Å². The maximum absolute atomic E-state index is 15.5. The average Bonchev–Trinajstić information content (AvgIpc) is 1.80. The first-order valence-corrected chi connectivity index (χ1v) is 29.8. The molecule has 0 aliphatic carbocycles. The maximum Gasteiger partial charge on any atom is 0.345 e. The molecule has 4 aliphatic rings. The van der Waals surface area contributed by atoms with Crippen LogP contribution < -0.4 is 30.5 Å². The number of hydrazine groups is 1. The van der Waals surface area contributed by atoms with Crippen molar-refractivity contribution in [3.8, 4) is 45.6 Å². The molecule has 0 saturated carbocycles. The van der Waals surface area contributed by atoms with E-state index >= 15 is 9.59 Å². The molecule has 0 spiro atoms. The highest BCUT2D eigenvalue weighted by molar-refractivity contribution is 6.13. The van der Waals surface area contributed by atoms with Crippen LogP contribution in [-0.4, -0.2) is 192 Å². The Morgan fingerprint density at radius 1 is 0.420 bits per heavy atom. The Labute approximate surface area is 511 Å². The Bertz CT molecular complexity index is 3710. The summed E-state index contributed by atoms with van der Waals surface area (Å²) in [5, 5.41) is 8.55. The molecule has 4 saturated heterocycles. The van der Waals surface area contributed by atoms with Crippen molar-refractivity contribution in [3.63, 3.8) is 0 Å². The minimum absolute atomic E-state index is 0.129. The Kier molecular flexibility index (Phi) is 17.9. The van der Waals surface area contributed by atoms with E-state index in [0.717, 1.165) is 37.1 Å². The standard InChI is InChI=1S/C66H70N16O6/c1-75(2)54-30-32-77(33-31-54)61(83)50-18-26-55(27-19-50)81(65(85)67-52-22-14-48(15-23-52)59-69-57(46-10-6-4-7-11-46)71-63(73-59)79-38-42-87-43-39-79)82(56-28-20-51(21-29-56)62(84)78-36-34-76(3)35-37-78)66(86)68-53-24-16-49(17-25-53)60-70-58(47-12-8-5-9-13-47)72-64(74-60)80-40-44-88-45-41-80/h4-29,54H,30-45H2,1-3H3,(H,67,85)(H,68,86). The van der Waals surface area contributed by atoms with Crippen LogP contribution in [0.15, 0.2) is 158 Å². The lowest BCUT2D eigenvalue weighted by atomic mass is 10.0. The smallest absolute Gasteiger partial charge is 0.345 e. The van der Waals surface area contributed by atoms with E-state index in [1.807, 2.05) is 102 Å². The third kappa shape index (κ3) is 13.6. The maximum atomic E-state index is 15.5. The highest BCUT2D eigenvalue weighted by Gasteiger charge is 2.33. The highest BCUT2D eigenvalue weighted by Crippen LogP contribution is 2.31. The molecule has 8 aromatic rings. The van der Waals surface area contributed by atoms with Crippen LogP contribution in [0.1, 0.15) is 33.6 Å². The molecule has 6 amide bonds. The second-order valence-corrected chi connectivity index (χ2v) is 22.3. The van der Waals surface area contributed by atoms with E-state index in [1.54, 1.807) is 72.8 Å². The minimum Gasteiger partial charge on any atom is -0.378 e. The Hall–Kier alpha value is -9.74. The summed E-state index contributed by atoms with van der Waals surface area (Å²) in [6, 6.07) is 46.0. The van der Waals surface area contributed by atoms with Crippen molar-refractivity contribution in [2.75, 3.05) is 143 Å². The van der Waals surface area contributed by atoms with Gasteiger partial charge in [0.15, 0.2) is 23.3 Å². The molecule has 4 fully saturated rings. The third-order valence-electron chi connectivity index (χ3n) is 16.3. The summed E-state index contributed by atoms with van der Waals surface area (Å²) in [7, 11) is 6.15. The van der Waals surface area contributed by atoms with Crippen LogP contribution >= 0.6 is 0 Å². The normalized spacial score (nSPS) is 15.9. The van der Waals surface area contributed by atoms with Crippen LogP contribution in [-0.2, 0) is 9.47 Å². The molecule has 6 heterocycles. The Morgan fingerprint density at radius 2 is 0.773 bits per heavy atom. The lowest BCUT2D eigenvalue weighted by Gasteiger charge is -2.36. The first-order chi connectivity index (χ1) is 43.0. The van der Waals surface area contributed by atoms with E-state index in [4.69, 9.17) is 39.4 Å². The lowest BCUT2D eigenvalue weighted by molar-refractivity contribution is 0.0656. The summed E-state index contributed by atoms with van der Waals surface area (Å²) >= 11 is 0. The fraction of sp³-hybridized carbons (Fsp3) is 0.303. The van der Waals surface area contributed by atoms with Gasteiger partial charge in [-0.2, -0.15) is 30.0 Å². The lowest BCUT2D eigenvalue weighted by Crippen LogP contribution is -2.54. The average molecular weight is 1180 g/mol. The Balaban J connectivity index is 0.888. The molecule has 0 atom stereocenters. The minimum atomic E-state index is -0.721. The number of morpholine rings is 2. The first-order valence-electron chi connectivity index (χ1n) is 29.8. The van der Waals surface area contributed by atoms with Gasteiger partial charge in [0.2, 0.25) is 11.9 Å². The summed E-state index contributed by atoms with van der Waals surface area (Å²) in [5.74, 6) is 2.72. The van der Waals surface area contributed by atoms with Gasteiger partial charge in [0.25, 0.3) is 11.8 Å². The second kappa shape index (κ2) is 26.9. The number of carbonyl (C=O) groups is 4. The quantitative estimate of drug-likeness (QED) is 0.103. The van der Waals surface area contributed by atoms with Gasteiger partial charge in [-0.05, 0) is 131 Å². The van der Waals surface area contributed by atoms with Crippen molar-refractivity contribution in [1.82, 2.24) is 49.5 Å². The number of nitrogens with one attached hydrogen (secondary N) is 2. The molecule has 6 aromatic carbocycles. The molecular formula is C66H70N16O6. The number of rotatable bonds is 13. The van der Waals surface area contributed by atoms with Gasteiger partial charge in [0.05, 0.1) is 37.8 Å². The highest BCUT2D eigenvalue weighted by atomic mass is 16.5. The molecule has 2 aromatic heterocycles. The van der Waals surface area contributed by atoms with E-state index in [2.05, 4.69) is 44.3 Å². The van der Waals surface area contributed by atoms with Crippen molar-refractivity contribution in [2.24, 2.45) is 0 Å². The van der Waals surface area contributed by atoms with Crippen molar-refractivity contribution < 1.29 is 28.7 Å². The van der Waals surface area contributed by atoms with Gasteiger partial charge in [-0.1, -0.05) is 60.7 Å². The summed E-state index contributed by atoms with van der Waals surface area (Å²) in [4.78, 5) is 101. The molecule has 450 valence electrons. The molecule has 4 aliphatic heterocycles. The van der Waals surface area contributed by atoms with Crippen molar-refractivity contribution in [1.29, 1.82) is 0 Å². The van der Waals surface area contributed by atoms with Gasteiger partial charge < -0.3 is 49.5 Å². The summed E-state index contributed by atoms with van der Waals surface area (Å²) in [6.07, 6.45) is 1.70. The Morgan fingerprint density at radius 3 is 1.14 bits per heavy atom. The van der Waals surface area contributed by atoms with Crippen molar-refractivity contribution in [2.45, 2.75) is 18.9 Å². The van der Waals surface area contributed by atoms with Crippen molar-refractivity contribution >= 4 is 58.5 Å². The predicted octanol–water partition coefficient (Wildman–Crippen LogP) is 8.64. The van der Waals surface area contributed by atoms with Crippen molar-refractivity contribution in [3.05, 3.63) is 169 Å². The topological polar surface area (TPSA) is 214 Å². The van der Waals surface area contributed by atoms with E-state index < -0.39 is 12.1 Å². The first kappa shape index (κ1) is 58.6. The summed E-state index contributed by atoms with van der Waals surface area (Å²) in [6.45, 7) is 8.56. The number of likely N-dealkylation sites (N-methyl/N-ethyl adjacent to an activating group) is 1. The van der Waals surface area contributed by atoms with E-state index in [0.29, 0.717) is 154 Å². The van der Waals surface area contributed by atoms with Crippen LogP contribution in [0.25, 0.3) is 45.6 Å². The number of carbonyl (C=O) groups excluding carboxylic acids is 4. The SMILES string of the molecule is CN1CCN(C(=O)c2ccc(N(C(=O)Nc3ccc(-c4nc(-c5ccccc5)nc(N5CCOCC5)n4)cc3)N(C(=O)Nc3ccc(-c4nc(-c5ccccc5)nc(N5CCOCC5)n4)cc3)c3ccc(C(=O)N4CCC(N(C)C)CC4)cc3)cc2)CC1. The van der Waals surface area contributed by atoms with Crippen LogP contribution in [0.5, 0.6) is 0 Å². The summed E-state index contributed by atoms with van der Waals surface area (Å²) < 4.78 is 11.3. The largest absolute Gasteiger partial charge is 0.378 e. The van der Waals surface area contributed by atoms with Gasteiger partial charge >= 0.3 is 12.1 Å². The van der Waals surface area contributed by atoms with Crippen LogP contribution in [0.3, 0.4) is 0 Å². The fourth-order valence-electron chi connectivity index (χ4n) is 11.1. The molecule has 22 nitrogen and oxygen atoms in total. The number of piperazine rings is 1. The van der Waals surface area contributed by atoms with Crippen LogP contribution in [0, 0.1) is 0 Å². The zero-order valence-electron chi connectivity index (χ0n) is 49.6. The van der Waals surface area contributed by atoms with E-state index in [1.165, 1.54) is 10.0 Å². The van der Waals surface area contributed by atoms with Gasteiger partial charge in [0, 0.05) is 116 Å². The molecule has 12 rings (SSSR count). The number of anilines is 6. The number of amides is 6. The monoisotopic (exact) mass is 1180 g/mol. The molecule has 88 heavy (non-hydrogen) atoms. The zero-order chi connectivity index (χ0) is 60.5. The van der Waals surface area contributed by atoms with Gasteiger partial charge in [-0.15, -0.1) is 0 Å².